The number of thiazole rings is 1. The molecule has 1 heterocycles. The third-order valence-corrected chi connectivity index (χ3v) is 4.68. The topological polar surface area (TPSA) is 46.5 Å². The van der Waals surface area contributed by atoms with Crippen molar-refractivity contribution in [1.29, 1.82) is 0 Å². The van der Waals surface area contributed by atoms with Crippen molar-refractivity contribution in [3.8, 4) is 17.0 Å². The van der Waals surface area contributed by atoms with Crippen molar-refractivity contribution < 1.29 is 4.74 Å². The van der Waals surface area contributed by atoms with Gasteiger partial charge in [0.2, 0.25) is 5.13 Å². The molecular formula is C21H21N3OS. The Hall–Kier alpha value is -2.92. The van der Waals surface area contributed by atoms with Crippen LogP contribution >= 0.6 is 11.3 Å². The number of benzene rings is 2. The van der Waals surface area contributed by atoms with E-state index in [1.807, 2.05) is 49.4 Å². The van der Waals surface area contributed by atoms with Crippen LogP contribution in [0.3, 0.4) is 0 Å². The molecule has 1 aromatic heterocycles. The first-order chi connectivity index (χ1) is 12.7. The SMILES string of the molecule is C=CCOc1ccc(/C(C)=N\Nc2nc(-c3ccccc3)c(C)s2)cc1. The molecule has 0 aliphatic heterocycles. The van der Waals surface area contributed by atoms with E-state index in [0.29, 0.717) is 6.61 Å². The molecule has 0 aliphatic carbocycles. The Morgan fingerprint density at radius 1 is 1.19 bits per heavy atom. The summed E-state index contributed by atoms with van der Waals surface area (Å²) in [6, 6.07) is 18.0. The Morgan fingerprint density at radius 3 is 2.62 bits per heavy atom. The Labute approximate surface area is 157 Å². The number of hydrogen-bond donors (Lipinski definition) is 1. The largest absolute Gasteiger partial charge is 0.490 e. The molecule has 0 atom stereocenters. The number of aryl methyl sites for hydroxylation is 1. The molecule has 26 heavy (non-hydrogen) atoms. The van der Waals surface area contributed by atoms with E-state index in [-0.39, 0.29) is 0 Å². The highest BCUT2D eigenvalue weighted by Crippen LogP contribution is 2.30. The second-order valence-electron chi connectivity index (χ2n) is 5.72. The Morgan fingerprint density at radius 2 is 1.92 bits per heavy atom. The zero-order chi connectivity index (χ0) is 18.4. The lowest BCUT2D eigenvalue weighted by molar-refractivity contribution is 0.363. The van der Waals surface area contributed by atoms with Crippen molar-refractivity contribution >= 4 is 22.2 Å². The quantitative estimate of drug-likeness (QED) is 0.341. The van der Waals surface area contributed by atoms with Crippen LogP contribution in [0.25, 0.3) is 11.3 Å². The van der Waals surface area contributed by atoms with Gasteiger partial charge in [-0.15, -0.1) is 11.3 Å². The summed E-state index contributed by atoms with van der Waals surface area (Å²) in [4.78, 5) is 5.83. The fraction of sp³-hybridized carbons (Fsp3) is 0.143. The van der Waals surface area contributed by atoms with Gasteiger partial charge in [0.25, 0.3) is 0 Å². The van der Waals surface area contributed by atoms with Crippen molar-refractivity contribution in [1.82, 2.24) is 4.98 Å². The second-order valence-corrected chi connectivity index (χ2v) is 6.93. The van der Waals surface area contributed by atoms with Crippen LogP contribution < -0.4 is 10.2 Å². The highest BCUT2D eigenvalue weighted by atomic mass is 32.1. The van der Waals surface area contributed by atoms with E-state index in [0.717, 1.165) is 38.3 Å². The van der Waals surface area contributed by atoms with Crippen LogP contribution in [0, 0.1) is 6.92 Å². The summed E-state index contributed by atoms with van der Waals surface area (Å²) in [5, 5.41) is 5.25. The van der Waals surface area contributed by atoms with Gasteiger partial charge in [-0.25, -0.2) is 4.98 Å². The molecule has 0 spiro atoms. The van der Waals surface area contributed by atoms with Gasteiger partial charge < -0.3 is 4.74 Å². The van der Waals surface area contributed by atoms with Crippen molar-refractivity contribution in [2.24, 2.45) is 5.10 Å². The lowest BCUT2D eigenvalue weighted by atomic mass is 10.1. The summed E-state index contributed by atoms with van der Waals surface area (Å²) in [6.45, 7) is 8.18. The molecule has 0 aliphatic rings. The monoisotopic (exact) mass is 363 g/mol. The van der Waals surface area contributed by atoms with E-state index in [4.69, 9.17) is 4.74 Å². The van der Waals surface area contributed by atoms with E-state index >= 15 is 0 Å². The molecule has 3 aromatic rings. The number of nitrogens with one attached hydrogen (secondary N) is 1. The predicted molar refractivity (Wildman–Crippen MR) is 110 cm³/mol. The molecule has 0 saturated heterocycles. The normalized spacial score (nSPS) is 11.2. The van der Waals surface area contributed by atoms with Gasteiger partial charge in [0.1, 0.15) is 12.4 Å². The first kappa shape index (κ1) is 17.9. The number of aromatic nitrogens is 1. The van der Waals surface area contributed by atoms with Crippen LogP contribution in [0.15, 0.2) is 72.4 Å². The van der Waals surface area contributed by atoms with Gasteiger partial charge in [-0.2, -0.15) is 5.10 Å². The summed E-state index contributed by atoms with van der Waals surface area (Å²) in [5.74, 6) is 0.817. The van der Waals surface area contributed by atoms with E-state index < -0.39 is 0 Å². The van der Waals surface area contributed by atoms with Gasteiger partial charge in [-0.05, 0) is 43.7 Å². The number of anilines is 1. The second kappa shape index (κ2) is 8.45. The zero-order valence-electron chi connectivity index (χ0n) is 14.9. The molecule has 3 rings (SSSR count). The molecule has 0 saturated carbocycles. The number of hydrogen-bond acceptors (Lipinski definition) is 5. The van der Waals surface area contributed by atoms with Crippen LogP contribution in [0.5, 0.6) is 5.75 Å². The molecule has 0 amide bonds. The molecule has 132 valence electrons. The average molecular weight is 363 g/mol. The van der Waals surface area contributed by atoms with Crippen LogP contribution in [0.4, 0.5) is 5.13 Å². The maximum atomic E-state index is 5.50. The van der Waals surface area contributed by atoms with E-state index in [1.54, 1.807) is 17.4 Å². The Bertz CT molecular complexity index is 899. The third kappa shape index (κ3) is 4.37. The maximum Gasteiger partial charge on any atom is 0.204 e. The molecule has 5 heteroatoms. The van der Waals surface area contributed by atoms with Gasteiger partial charge in [0.05, 0.1) is 11.4 Å². The van der Waals surface area contributed by atoms with Crippen molar-refractivity contribution in [2.75, 3.05) is 12.0 Å². The summed E-state index contributed by atoms with van der Waals surface area (Å²) in [6.07, 6.45) is 1.73. The summed E-state index contributed by atoms with van der Waals surface area (Å²) in [5.41, 5.74) is 7.10. The van der Waals surface area contributed by atoms with Crippen molar-refractivity contribution in [3.05, 3.63) is 77.7 Å². The Balaban J connectivity index is 1.70. The van der Waals surface area contributed by atoms with Crippen LogP contribution in [-0.4, -0.2) is 17.3 Å². The molecule has 4 nitrogen and oxygen atoms in total. The summed E-state index contributed by atoms with van der Waals surface area (Å²) < 4.78 is 5.50. The molecule has 2 aromatic carbocycles. The predicted octanol–water partition coefficient (Wildman–Crippen LogP) is 5.52. The smallest absolute Gasteiger partial charge is 0.204 e. The van der Waals surface area contributed by atoms with Crippen molar-refractivity contribution in [3.63, 3.8) is 0 Å². The zero-order valence-corrected chi connectivity index (χ0v) is 15.7. The average Bonchev–Trinajstić information content (AvgIpc) is 3.06. The van der Waals surface area contributed by atoms with Gasteiger partial charge in [-0.3, -0.25) is 5.43 Å². The molecule has 0 radical (unpaired) electrons. The highest BCUT2D eigenvalue weighted by Gasteiger charge is 2.09. The van der Waals surface area contributed by atoms with Gasteiger partial charge in [0.15, 0.2) is 0 Å². The summed E-state index contributed by atoms with van der Waals surface area (Å²) in [7, 11) is 0. The molecule has 0 unspecified atom stereocenters. The van der Waals surface area contributed by atoms with Crippen LogP contribution in [0.1, 0.15) is 17.4 Å². The van der Waals surface area contributed by atoms with E-state index in [9.17, 15) is 0 Å². The van der Waals surface area contributed by atoms with Crippen LogP contribution in [-0.2, 0) is 0 Å². The number of nitrogens with zero attached hydrogens (tertiary/aromatic N) is 2. The van der Waals surface area contributed by atoms with Crippen molar-refractivity contribution in [2.45, 2.75) is 13.8 Å². The number of hydrazone groups is 1. The third-order valence-electron chi connectivity index (χ3n) is 3.80. The number of rotatable bonds is 7. The van der Waals surface area contributed by atoms with Gasteiger partial charge in [-0.1, -0.05) is 43.0 Å². The Kier molecular flexibility index (Phi) is 5.81. The minimum atomic E-state index is 0.501. The fourth-order valence-corrected chi connectivity index (χ4v) is 3.23. The minimum absolute atomic E-state index is 0.501. The highest BCUT2D eigenvalue weighted by molar-refractivity contribution is 7.16. The molecule has 0 bridgehead atoms. The van der Waals surface area contributed by atoms with E-state index in [2.05, 4.69) is 41.1 Å². The van der Waals surface area contributed by atoms with E-state index in [1.165, 1.54) is 0 Å². The lowest BCUT2D eigenvalue weighted by Gasteiger charge is -2.05. The first-order valence-electron chi connectivity index (χ1n) is 8.34. The molecule has 1 N–H and O–H groups in total. The summed E-state index contributed by atoms with van der Waals surface area (Å²) >= 11 is 1.60. The maximum absolute atomic E-state index is 5.50. The van der Waals surface area contributed by atoms with Crippen LogP contribution in [0.2, 0.25) is 0 Å². The molecular weight excluding hydrogens is 342 g/mol. The minimum Gasteiger partial charge on any atom is -0.490 e. The van der Waals surface area contributed by atoms with Gasteiger partial charge in [0, 0.05) is 10.4 Å². The fourth-order valence-electron chi connectivity index (χ4n) is 2.45. The molecule has 0 fully saturated rings. The number of ether oxygens (including phenoxy) is 1. The van der Waals surface area contributed by atoms with Gasteiger partial charge >= 0.3 is 0 Å². The standard InChI is InChI=1S/C21H21N3OS/c1-4-14-25-19-12-10-17(11-13-19)15(2)23-24-21-22-20(16(3)26-21)18-8-6-5-7-9-18/h4-13H,1,14H2,2-3H3,(H,22,24)/b23-15-. The first-order valence-corrected chi connectivity index (χ1v) is 9.16. The lowest BCUT2D eigenvalue weighted by Crippen LogP contribution is -2.00.